The Bertz CT molecular complexity index is 2610. The van der Waals surface area contributed by atoms with Crippen LogP contribution >= 0.6 is 0 Å². The molecule has 4 aliphatic heterocycles. The minimum absolute atomic E-state index is 0.00807. The smallest absolute Gasteiger partial charge is 0.305 e. The van der Waals surface area contributed by atoms with E-state index >= 15 is 0 Å². The zero-order valence-corrected chi connectivity index (χ0v) is 42.1. The summed E-state index contributed by atoms with van der Waals surface area (Å²) in [5, 5.41) is 0. The third-order valence-electron chi connectivity index (χ3n) is 13.9. The Labute approximate surface area is 421 Å². The molecule has 5 aromatic carbocycles. The summed E-state index contributed by atoms with van der Waals surface area (Å²) in [6, 6.07) is 29.7. The number of hydrogen-bond donors (Lipinski definition) is 0. The standard InChI is InChI=1S/C56H65N5O11/c1-57-33-42-27-39-12-7-9-14-46(39)60(42)55(63)44-29-50(66-4)52(31-48(44)57)71-35-37-24-38(26-41(25-37)59(17-11-16-54(62)68-6)18-19-69-22-23-70-21-20-65-3)36-72-53-32-49-45(30-51(53)67-5)56(64)61-43(34-58(49)2)28-40-13-8-10-15-47(40)61/h7-10,12-15,24-26,29-32,42-43H,11,16-23,27-28,33-36H2,1-6H3/t42-,43?/m0/s1. The highest BCUT2D eigenvalue weighted by Gasteiger charge is 2.41. The normalized spacial score (nSPS) is 16.5. The van der Waals surface area contributed by atoms with E-state index in [1.54, 1.807) is 33.5 Å². The molecule has 0 saturated carbocycles. The third-order valence-corrected chi connectivity index (χ3v) is 13.9. The van der Waals surface area contributed by atoms with Crippen molar-refractivity contribution in [3.05, 3.63) is 124 Å². The number of carbonyl (C=O) groups is 3. The lowest BCUT2D eigenvalue weighted by Gasteiger charge is -2.26. The first kappa shape index (κ1) is 50.0. The predicted molar refractivity (Wildman–Crippen MR) is 276 cm³/mol. The van der Waals surface area contributed by atoms with Gasteiger partial charge in [0.15, 0.2) is 23.0 Å². The van der Waals surface area contributed by atoms with Crippen molar-refractivity contribution in [1.82, 2.24) is 0 Å². The van der Waals surface area contributed by atoms with E-state index in [1.165, 1.54) is 7.11 Å². The van der Waals surface area contributed by atoms with E-state index in [4.69, 9.17) is 37.9 Å². The topological polar surface area (TPSA) is 141 Å². The van der Waals surface area contributed by atoms with Gasteiger partial charge in [-0.2, -0.15) is 0 Å². The van der Waals surface area contributed by atoms with Gasteiger partial charge < -0.3 is 62.4 Å². The lowest BCUT2D eigenvalue weighted by molar-refractivity contribution is -0.140. The van der Waals surface area contributed by atoms with Gasteiger partial charge in [-0.15, -0.1) is 0 Å². The second-order valence-electron chi connectivity index (χ2n) is 18.6. The quantitative estimate of drug-likeness (QED) is 0.0504. The van der Waals surface area contributed by atoms with Crippen molar-refractivity contribution < 1.29 is 52.3 Å². The third kappa shape index (κ3) is 10.6. The monoisotopic (exact) mass is 983 g/mol. The molecular weight excluding hydrogens is 919 g/mol. The molecule has 4 aliphatic rings. The molecule has 0 bridgehead atoms. The number of ether oxygens (including phenoxy) is 8. The van der Waals surface area contributed by atoms with Gasteiger partial charge in [-0.1, -0.05) is 36.4 Å². The van der Waals surface area contributed by atoms with Crippen LogP contribution in [0.4, 0.5) is 28.4 Å². The first-order valence-electron chi connectivity index (χ1n) is 24.6. The van der Waals surface area contributed by atoms with Crippen molar-refractivity contribution in [2.24, 2.45) is 0 Å². The second-order valence-corrected chi connectivity index (χ2v) is 18.6. The molecule has 0 aliphatic carbocycles. The molecule has 5 aromatic rings. The van der Waals surface area contributed by atoms with Crippen LogP contribution in [-0.4, -0.2) is 132 Å². The van der Waals surface area contributed by atoms with Crippen LogP contribution in [0.5, 0.6) is 23.0 Å². The van der Waals surface area contributed by atoms with Gasteiger partial charge in [0.2, 0.25) is 0 Å². The minimum Gasteiger partial charge on any atom is -0.493 e. The van der Waals surface area contributed by atoms with Crippen molar-refractivity contribution in [3.8, 4) is 23.0 Å². The number of methoxy groups -OCH3 is 4. The summed E-state index contributed by atoms with van der Waals surface area (Å²) in [7, 11) is 10.2. The van der Waals surface area contributed by atoms with Crippen molar-refractivity contribution >= 4 is 46.2 Å². The first-order chi connectivity index (χ1) is 35.1. The lowest BCUT2D eigenvalue weighted by atomic mass is 10.1. The first-order valence-corrected chi connectivity index (χ1v) is 24.6. The van der Waals surface area contributed by atoms with Crippen LogP contribution in [0.15, 0.2) is 91.0 Å². The van der Waals surface area contributed by atoms with Gasteiger partial charge in [-0.25, -0.2) is 0 Å². The summed E-state index contributed by atoms with van der Waals surface area (Å²) in [6.45, 7) is 4.91. The number of amides is 2. The van der Waals surface area contributed by atoms with Gasteiger partial charge in [0.1, 0.15) is 13.2 Å². The SMILES string of the molecule is COCCOCCOCCN(CCCC(=O)OC)c1cc(COc2cc3c(cc2OC)C(=O)N2c4ccccc4CC2CN3C)cc(COc2cc3c(cc2OC)C(=O)N2c4ccccc4C[C@H]2CN3C)c1. The van der Waals surface area contributed by atoms with E-state index in [-0.39, 0.29) is 49.5 Å². The predicted octanol–water partition coefficient (Wildman–Crippen LogP) is 7.34. The van der Waals surface area contributed by atoms with Crippen molar-refractivity contribution in [1.29, 1.82) is 0 Å². The molecule has 0 spiro atoms. The van der Waals surface area contributed by atoms with Gasteiger partial charge in [0.05, 0.1) is 88.9 Å². The molecule has 0 fully saturated rings. The fourth-order valence-electron chi connectivity index (χ4n) is 10.4. The maximum atomic E-state index is 14.3. The maximum Gasteiger partial charge on any atom is 0.305 e. The van der Waals surface area contributed by atoms with E-state index in [2.05, 4.69) is 39.0 Å². The molecule has 72 heavy (non-hydrogen) atoms. The van der Waals surface area contributed by atoms with Gasteiger partial charge >= 0.3 is 5.97 Å². The molecule has 2 amide bonds. The number of benzene rings is 5. The number of hydrogen-bond acceptors (Lipinski definition) is 14. The summed E-state index contributed by atoms with van der Waals surface area (Å²) in [5.74, 6) is 1.45. The average Bonchev–Trinajstić information content (AvgIpc) is 3.90. The Balaban J connectivity index is 1.00. The number of nitrogens with zero attached hydrogens (tertiary/aromatic N) is 5. The van der Waals surface area contributed by atoms with Crippen LogP contribution in [0, 0.1) is 0 Å². The van der Waals surface area contributed by atoms with Crippen LogP contribution in [0.1, 0.15) is 55.8 Å². The molecule has 2 atom stereocenters. The molecule has 0 saturated heterocycles. The number of rotatable bonds is 22. The average molecular weight is 984 g/mol. The zero-order chi connectivity index (χ0) is 50.3. The van der Waals surface area contributed by atoms with E-state index in [0.29, 0.717) is 99.8 Å². The molecule has 4 heterocycles. The van der Waals surface area contributed by atoms with Gasteiger partial charge in [0.25, 0.3) is 11.8 Å². The Morgan fingerprint density at radius 3 is 1.58 bits per heavy atom. The minimum atomic E-state index is -0.282. The van der Waals surface area contributed by atoms with Gasteiger partial charge in [-0.3, -0.25) is 14.4 Å². The van der Waals surface area contributed by atoms with Crippen LogP contribution in [-0.2, 0) is 49.8 Å². The summed E-state index contributed by atoms with van der Waals surface area (Å²) in [5.41, 5.74) is 9.39. The van der Waals surface area contributed by atoms with Crippen molar-refractivity contribution in [2.75, 3.05) is 126 Å². The number of para-hydroxylation sites is 2. The molecule has 16 nitrogen and oxygen atoms in total. The van der Waals surface area contributed by atoms with Crippen molar-refractivity contribution in [3.63, 3.8) is 0 Å². The van der Waals surface area contributed by atoms with Gasteiger partial charge in [-0.05, 0) is 84.0 Å². The molecule has 0 N–H and O–H groups in total. The number of likely N-dealkylation sites (N-methyl/N-ethyl adjacent to an activating group) is 2. The number of carbonyl (C=O) groups excluding carboxylic acids is 3. The Hall–Kier alpha value is -7.01. The molecular formula is C56H65N5O11. The van der Waals surface area contributed by atoms with E-state index in [0.717, 1.165) is 63.5 Å². The maximum absolute atomic E-state index is 14.3. The number of anilines is 5. The van der Waals surface area contributed by atoms with Crippen molar-refractivity contribution in [2.45, 2.75) is 51.0 Å². The Morgan fingerprint density at radius 1 is 0.583 bits per heavy atom. The largest absolute Gasteiger partial charge is 0.493 e. The highest BCUT2D eigenvalue weighted by Crippen LogP contribution is 2.44. The molecule has 16 heteroatoms. The van der Waals surface area contributed by atoms with Crippen LogP contribution < -0.4 is 43.4 Å². The van der Waals surface area contributed by atoms with Crippen LogP contribution in [0.3, 0.4) is 0 Å². The zero-order valence-electron chi connectivity index (χ0n) is 42.1. The highest BCUT2D eigenvalue weighted by molar-refractivity contribution is 6.13. The van der Waals surface area contributed by atoms with Crippen LogP contribution in [0.25, 0.3) is 0 Å². The van der Waals surface area contributed by atoms with Gasteiger partial charge in [0, 0.05) is 83.0 Å². The fourth-order valence-corrected chi connectivity index (χ4v) is 10.4. The Morgan fingerprint density at radius 2 is 1.08 bits per heavy atom. The molecule has 380 valence electrons. The second kappa shape index (κ2) is 22.6. The van der Waals surface area contributed by atoms with Crippen LogP contribution in [0.2, 0.25) is 0 Å². The van der Waals surface area contributed by atoms with E-state index in [1.807, 2.05) is 78.5 Å². The van der Waals surface area contributed by atoms with E-state index in [9.17, 15) is 14.4 Å². The number of esters is 1. The fraction of sp³-hybridized carbons (Fsp3) is 0.411. The summed E-state index contributed by atoms with van der Waals surface area (Å²) >= 11 is 0. The Kier molecular flexibility index (Phi) is 15.7. The lowest BCUT2D eigenvalue weighted by Crippen LogP contribution is -2.41. The van der Waals surface area contributed by atoms with E-state index < -0.39 is 0 Å². The molecule has 0 radical (unpaired) electrons. The molecule has 0 aromatic heterocycles. The molecule has 1 unspecified atom stereocenters. The highest BCUT2D eigenvalue weighted by atomic mass is 16.5. The summed E-state index contributed by atoms with van der Waals surface area (Å²) in [6.07, 6.45) is 2.36. The molecule has 9 rings (SSSR count). The number of fused-ring (bicyclic) bond motifs is 8. The summed E-state index contributed by atoms with van der Waals surface area (Å²) < 4.78 is 46.9. The summed E-state index contributed by atoms with van der Waals surface area (Å²) in [4.78, 5) is 51.2.